The van der Waals surface area contributed by atoms with Crippen molar-refractivity contribution in [1.29, 1.82) is 0 Å². The van der Waals surface area contributed by atoms with Crippen molar-refractivity contribution in [2.75, 3.05) is 33.3 Å². The number of nitrogens with one attached hydrogen (secondary N) is 1. The molecule has 4 heteroatoms. The predicted octanol–water partition coefficient (Wildman–Crippen LogP) is 2.72. The van der Waals surface area contributed by atoms with Gasteiger partial charge in [-0.3, -0.25) is 4.79 Å². The molecule has 128 valence electrons. The van der Waals surface area contributed by atoms with E-state index in [2.05, 4.69) is 24.1 Å². The summed E-state index contributed by atoms with van der Waals surface area (Å²) in [7, 11) is 1.64. The summed E-state index contributed by atoms with van der Waals surface area (Å²) in [4.78, 5) is 14.5. The number of likely N-dealkylation sites (tertiary alicyclic amines) is 1. The molecule has 0 radical (unpaired) electrons. The smallest absolute Gasteiger partial charge is 0.224 e. The van der Waals surface area contributed by atoms with E-state index >= 15 is 0 Å². The number of amides is 1. The van der Waals surface area contributed by atoms with E-state index in [1.54, 1.807) is 7.11 Å². The van der Waals surface area contributed by atoms with Gasteiger partial charge in [-0.05, 0) is 48.9 Å². The average molecular weight is 318 g/mol. The fourth-order valence-electron chi connectivity index (χ4n) is 3.50. The highest BCUT2D eigenvalue weighted by atomic mass is 16.5. The minimum Gasteiger partial charge on any atom is -0.497 e. The third-order valence-corrected chi connectivity index (χ3v) is 4.44. The van der Waals surface area contributed by atoms with Crippen LogP contribution in [0.2, 0.25) is 0 Å². The number of hydrogen-bond donors (Lipinski definition) is 1. The van der Waals surface area contributed by atoms with E-state index in [1.807, 2.05) is 24.3 Å². The molecule has 0 aromatic heterocycles. The maximum atomic E-state index is 12.0. The van der Waals surface area contributed by atoms with Crippen molar-refractivity contribution in [3.05, 3.63) is 29.8 Å². The molecule has 1 saturated heterocycles. The first-order chi connectivity index (χ1) is 11.1. The van der Waals surface area contributed by atoms with Gasteiger partial charge in [0.25, 0.3) is 0 Å². The first-order valence-corrected chi connectivity index (χ1v) is 8.68. The fourth-order valence-corrected chi connectivity index (χ4v) is 3.50. The SMILES string of the molecule is COc1ccc(CC(=O)NCCCN2CC(C)CC(C)C2)cc1. The number of piperidine rings is 1. The van der Waals surface area contributed by atoms with Crippen molar-refractivity contribution >= 4 is 5.91 Å². The third kappa shape index (κ3) is 6.22. The summed E-state index contributed by atoms with van der Waals surface area (Å²) in [5.74, 6) is 2.50. The lowest BCUT2D eigenvalue weighted by atomic mass is 9.92. The Morgan fingerprint density at radius 2 is 1.87 bits per heavy atom. The number of nitrogens with zero attached hydrogens (tertiary/aromatic N) is 1. The molecule has 1 N–H and O–H groups in total. The van der Waals surface area contributed by atoms with Crippen molar-refractivity contribution in [1.82, 2.24) is 10.2 Å². The van der Waals surface area contributed by atoms with Crippen LogP contribution in [0.4, 0.5) is 0 Å². The lowest BCUT2D eigenvalue weighted by molar-refractivity contribution is -0.120. The topological polar surface area (TPSA) is 41.6 Å². The molecule has 2 rings (SSSR count). The molecule has 2 atom stereocenters. The average Bonchev–Trinajstić information content (AvgIpc) is 2.51. The summed E-state index contributed by atoms with van der Waals surface area (Å²) in [6.45, 7) is 8.90. The van der Waals surface area contributed by atoms with Gasteiger partial charge < -0.3 is 15.0 Å². The monoisotopic (exact) mass is 318 g/mol. The normalized spacial score (nSPS) is 21.9. The van der Waals surface area contributed by atoms with Crippen LogP contribution in [-0.4, -0.2) is 44.1 Å². The first-order valence-electron chi connectivity index (χ1n) is 8.68. The molecule has 1 aliphatic rings. The number of hydrogen-bond acceptors (Lipinski definition) is 3. The highest BCUT2D eigenvalue weighted by Gasteiger charge is 2.20. The van der Waals surface area contributed by atoms with Crippen molar-refractivity contribution in [3.63, 3.8) is 0 Å². The molecule has 1 aliphatic heterocycles. The number of carbonyl (C=O) groups is 1. The lowest BCUT2D eigenvalue weighted by Crippen LogP contribution is -2.40. The van der Waals surface area contributed by atoms with Crippen molar-refractivity contribution < 1.29 is 9.53 Å². The molecular weight excluding hydrogens is 288 g/mol. The Kier molecular flexibility index (Phi) is 6.90. The summed E-state index contributed by atoms with van der Waals surface area (Å²) in [6, 6.07) is 7.66. The van der Waals surface area contributed by atoms with Crippen LogP contribution >= 0.6 is 0 Å². The summed E-state index contributed by atoms with van der Waals surface area (Å²) >= 11 is 0. The maximum absolute atomic E-state index is 12.0. The standard InChI is InChI=1S/C19H30N2O2/c1-15-11-16(2)14-21(13-15)10-4-9-20-19(22)12-17-5-7-18(23-3)8-6-17/h5-8,15-16H,4,9-14H2,1-3H3,(H,20,22). The van der Waals surface area contributed by atoms with E-state index in [0.717, 1.165) is 42.7 Å². The van der Waals surface area contributed by atoms with Gasteiger partial charge in [0.2, 0.25) is 5.91 Å². The van der Waals surface area contributed by atoms with Gasteiger partial charge in [0.05, 0.1) is 13.5 Å². The molecule has 0 saturated carbocycles. The molecule has 0 bridgehead atoms. The van der Waals surface area contributed by atoms with E-state index in [1.165, 1.54) is 19.5 Å². The second-order valence-electron chi connectivity index (χ2n) is 6.93. The van der Waals surface area contributed by atoms with Gasteiger partial charge in [-0.2, -0.15) is 0 Å². The molecule has 1 fully saturated rings. The Morgan fingerprint density at radius 1 is 1.22 bits per heavy atom. The van der Waals surface area contributed by atoms with Gasteiger partial charge in [-0.1, -0.05) is 26.0 Å². The van der Waals surface area contributed by atoms with Crippen LogP contribution in [0.1, 0.15) is 32.3 Å². The second kappa shape index (κ2) is 8.92. The van der Waals surface area contributed by atoms with Crippen LogP contribution in [0.15, 0.2) is 24.3 Å². The van der Waals surface area contributed by atoms with Gasteiger partial charge in [0, 0.05) is 19.6 Å². The molecule has 1 aromatic carbocycles. The zero-order valence-electron chi connectivity index (χ0n) is 14.7. The maximum Gasteiger partial charge on any atom is 0.224 e. The van der Waals surface area contributed by atoms with Crippen molar-refractivity contribution in [2.24, 2.45) is 11.8 Å². The first kappa shape index (κ1) is 17.8. The van der Waals surface area contributed by atoms with Crippen LogP contribution < -0.4 is 10.1 Å². The third-order valence-electron chi connectivity index (χ3n) is 4.44. The molecule has 23 heavy (non-hydrogen) atoms. The molecule has 1 aromatic rings. The number of ether oxygens (including phenoxy) is 1. The summed E-state index contributed by atoms with van der Waals surface area (Å²) in [6.07, 6.45) is 2.80. The molecule has 0 aliphatic carbocycles. The molecule has 1 amide bonds. The number of rotatable bonds is 7. The Balaban J connectivity index is 1.62. The van der Waals surface area contributed by atoms with Crippen LogP contribution in [0, 0.1) is 11.8 Å². The number of benzene rings is 1. The van der Waals surface area contributed by atoms with Crippen molar-refractivity contribution in [2.45, 2.75) is 33.1 Å². The van der Waals surface area contributed by atoms with Gasteiger partial charge in [0.15, 0.2) is 0 Å². The van der Waals surface area contributed by atoms with E-state index in [0.29, 0.717) is 6.42 Å². The largest absolute Gasteiger partial charge is 0.497 e. The highest BCUT2D eigenvalue weighted by Crippen LogP contribution is 2.20. The fraction of sp³-hybridized carbons (Fsp3) is 0.632. The van der Waals surface area contributed by atoms with Crippen molar-refractivity contribution in [3.8, 4) is 5.75 Å². The summed E-state index contributed by atoms with van der Waals surface area (Å²) in [5.41, 5.74) is 1.02. The van der Waals surface area contributed by atoms with Crippen LogP contribution in [-0.2, 0) is 11.2 Å². The van der Waals surface area contributed by atoms with E-state index < -0.39 is 0 Å². The number of carbonyl (C=O) groups excluding carboxylic acids is 1. The van der Waals surface area contributed by atoms with Gasteiger partial charge in [-0.15, -0.1) is 0 Å². The van der Waals surface area contributed by atoms with Gasteiger partial charge >= 0.3 is 0 Å². The molecule has 2 unspecified atom stereocenters. The Hall–Kier alpha value is -1.55. The summed E-state index contributed by atoms with van der Waals surface area (Å²) < 4.78 is 5.12. The molecule has 0 spiro atoms. The highest BCUT2D eigenvalue weighted by molar-refractivity contribution is 5.78. The predicted molar refractivity (Wildman–Crippen MR) is 93.7 cm³/mol. The Labute approximate surface area is 140 Å². The van der Waals surface area contributed by atoms with E-state index in [9.17, 15) is 4.79 Å². The minimum atomic E-state index is 0.0931. The van der Waals surface area contributed by atoms with E-state index in [-0.39, 0.29) is 5.91 Å². The van der Waals surface area contributed by atoms with E-state index in [4.69, 9.17) is 4.74 Å². The quantitative estimate of drug-likeness (QED) is 0.786. The lowest BCUT2D eigenvalue weighted by Gasteiger charge is -2.34. The van der Waals surface area contributed by atoms with Gasteiger partial charge in [-0.25, -0.2) is 0 Å². The minimum absolute atomic E-state index is 0.0931. The summed E-state index contributed by atoms with van der Waals surface area (Å²) in [5, 5.41) is 3.02. The number of methoxy groups -OCH3 is 1. The van der Waals surface area contributed by atoms with Crippen LogP contribution in [0.5, 0.6) is 5.75 Å². The van der Waals surface area contributed by atoms with Crippen LogP contribution in [0.25, 0.3) is 0 Å². The molecule has 1 heterocycles. The molecule has 4 nitrogen and oxygen atoms in total. The van der Waals surface area contributed by atoms with Crippen LogP contribution in [0.3, 0.4) is 0 Å². The zero-order chi connectivity index (χ0) is 16.7. The second-order valence-corrected chi connectivity index (χ2v) is 6.93. The van der Waals surface area contributed by atoms with Gasteiger partial charge in [0.1, 0.15) is 5.75 Å². The Morgan fingerprint density at radius 3 is 2.48 bits per heavy atom. The Bertz CT molecular complexity index is 477. The zero-order valence-corrected chi connectivity index (χ0v) is 14.7. The molecular formula is C19H30N2O2.